The average molecular weight is 361 g/mol. The fraction of sp³-hybridized carbons (Fsp3) is 0.125. The highest BCUT2D eigenvalue weighted by Crippen LogP contribution is 2.18. The summed E-state index contributed by atoms with van der Waals surface area (Å²) in [6.07, 6.45) is 3.29. The molecule has 112 valence electrons. The molecule has 5 nitrogen and oxygen atoms in total. The number of hydrogen-bond donors (Lipinski definition) is 0. The van der Waals surface area contributed by atoms with E-state index in [0.29, 0.717) is 23.5 Å². The molecule has 0 aromatic carbocycles. The van der Waals surface area contributed by atoms with E-state index in [1.807, 2.05) is 24.3 Å². The number of rotatable bonds is 5. The van der Waals surface area contributed by atoms with Crippen molar-refractivity contribution in [2.24, 2.45) is 0 Å². The lowest BCUT2D eigenvalue weighted by Gasteiger charge is -2.20. The summed E-state index contributed by atoms with van der Waals surface area (Å²) in [4.78, 5) is 18.5. The van der Waals surface area contributed by atoms with Crippen molar-refractivity contribution in [1.29, 1.82) is 0 Å². The number of pyridine rings is 1. The van der Waals surface area contributed by atoms with Crippen LogP contribution >= 0.6 is 15.9 Å². The summed E-state index contributed by atoms with van der Waals surface area (Å²) in [6.45, 7) is 0.722. The maximum atomic E-state index is 12.6. The number of aromatic nitrogens is 1. The van der Waals surface area contributed by atoms with E-state index in [1.165, 1.54) is 0 Å². The zero-order valence-electron chi connectivity index (χ0n) is 11.6. The average Bonchev–Trinajstić information content (AvgIpc) is 3.18. The third-order valence-corrected chi connectivity index (χ3v) is 3.50. The highest BCUT2D eigenvalue weighted by Gasteiger charge is 2.21. The van der Waals surface area contributed by atoms with Crippen molar-refractivity contribution in [3.63, 3.8) is 0 Å². The third-order valence-electron chi connectivity index (χ3n) is 3.08. The number of furan rings is 2. The summed E-state index contributed by atoms with van der Waals surface area (Å²) in [5.41, 5.74) is 0.799. The molecular weight excluding hydrogens is 348 g/mol. The normalized spacial score (nSPS) is 10.6. The van der Waals surface area contributed by atoms with Gasteiger partial charge in [0.05, 0.1) is 25.0 Å². The van der Waals surface area contributed by atoms with Gasteiger partial charge in [0.25, 0.3) is 5.91 Å². The van der Waals surface area contributed by atoms with Crippen molar-refractivity contribution in [2.45, 2.75) is 13.1 Å². The molecule has 0 atom stereocenters. The molecule has 3 rings (SSSR count). The lowest BCUT2D eigenvalue weighted by atomic mass is 10.3. The lowest BCUT2D eigenvalue weighted by Crippen LogP contribution is -2.30. The smallest absolute Gasteiger partial charge is 0.290 e. The van der Waals surface area contributed by atoms with Gasteiger partial charge in [0.1, 0.15) is 5.76 Å². The van der Waals surface area contributed by atoms with Gasteiger partial charge in [-0.25, -0.2) is 0 Å². The number of carbonyl (C=O) groups is 1. The molecule has 0 aliphatic heterocycles. The SMILES string of the molecule is O=C(c1ccc(Br)o1)N(Cc1ccccn1)Cc1ccco1. The van der Waals surface area contributed by atoms with Crippen LogP contribution in [-0.4, -0.2) is 15.8 Å². The van der Waals surface area contributed by atoms with E-state index < -0.39 is 0 Å². The zero-order valence-corrected chi connectivity index (χ0v) is 13.2. The minimum absolute atomic E-state index is 0.215. The Kier molecular flexibility index (Phi) is 4.39. The van der Waals surface area contributed by atoms with E-state index in [4.69, 9.17) is 8.83 Å². The van der Waals surface area contributed by atoms with E-state index in [9.17, 15) is 4.79 Å². The number of carbonyl (C=O) groups excluding carboxylic acids is 1. The summed E-state index contributed by atoms with van der Waals surface area (Å²) >= 11 is 3.21. The molecule has 3 heterocycles. The van der Waals surface area contributed by atoms with Gasteiger partial charge in [-0.3, -0.25) is 9.78 Å². The Labute approximate surface area is 135 Å². The molecule has 0 aliphatic rings. The summed E-state index contributed by atoms with van der Waals surface area (Å²) in [5, 5.41) is 0. The Balaban J connectivity index is 1.83. The highest BCUT2D eigenvalue weighted by atomic mass is 79.9. The van der Waals surface area contributed by atoms with Crippen LogP contribution in [0.2, 0.25) is 0 Å². The molecular formula is C16H13BrN2O3. The fourth-order valence-corrected chi connectivity index (χ4v) is 2.37. The molecule has 0 fully saturated rings. The van der Waals surface area contributed by atoms with Crippen LogP contribution in [0.5, 0.6) is 0 Å². The maximum Gasteiger partial charge on any atom is 0.290 e. The van der Waals surface area contributed by atoms with Gasteiger partial charge < -0.3 is 13.7 Å². The Hall–Kier alpha value is -2.34. The number of amides is 1. The van der Waals surface area contributed by atoms with E-state index in [1.54, 1.807) is 35.6 Å². The number of nitrogens with zero attached hydrogens (tertiary/aromatic N) is 2. The second-order valence-corrected chi connectivity index (χ2v) is 5.45. The summed E-state index contributed by atoms with van der Waals surface area (Å²) in [7, 11) is 0. The van der Waals surface area contributed by atoms with Crippen molar-refractivity contribution in [1.82, 2.24) is 9.88 Å². The van der Waals surface area contributed by atoms with Crippen molar-refractivity contribution in [3.8, 4) is 0 Å². The zero-order chi connectivity index (χ0) is 15.4. The van der Waals surface area contributed by atoms with E-state index >= 15 is 0 Å². The van der Waals surface area contributed by atoms with Crippen LogP contribution in [0.15, 0.2) is 68.4 Å². The first kappa shape index (κ1) is 14.6. The van der Waals surface area contributed by atoms with Crippen LogP contribution in [0, 0.1) is 0 Å². The third kappa shape index (κ3) is 3.46. The van der Waals surface area contributed by atoms with Gasteiger partial charge in [-0.2, -0.15) is 0 Å². The van der Waals surface area contributed by atoms with Gasteiger partial charge in [-0.15, -0.1) is 0 Å². The summed E-state index contributed by atoms with van der Waals surface area (Å²) in [5.74, 6) is 0.761. The molecule has 0 bridgehead atoms. The van der Waals surface area contributed by atoms with Crippen LogP contribution in [0.25, 0.3) is 0 Å². The lowest BCUT2D eigenvalue weighted by molar-refractivity contribution is 0.0681. The van der Waals surface area contributed by atoms with Crippen molar-refractivity contribution in [3.05, 3.63) is 76.8 Å². The molecule has 0 N–H and O–H groups in total. The predicted molar refractivity (Wildman–Crippen MR) is 82.9 cm³/mol. The van der Waals surface area contributed by atoms with E-state index in [-0.39, 0.29) is 11.7 Å². The van der Waals surface area contributed by atoms with Gasteiger partial charge in [-0.1, -0.05) is 6.07 Å². The van der Waals surface area contributed by atoms with E-state index in [2.05, 4.69) is 20.9 Å². The molecule has 6 heteroatoms. The first-order valence-corrected chi connectivity index (χ1v) is 7.48. The van der Waals surface area contributed by atoms with Crippen molar-refractivity contribution < 1.29 is 13.6 Å². The Morgan fingerprint density at radius 1 is 1.14 bits per heavy atom. The summed E-state index contributed by atoms with van der Waals surface area (Å²) < 4.78 is 11.2. The largest absolute Gasteiger partial charge is 0.467 e. The molecule has 0 saturated carbocycles. The topological polar surface area (TPSA) is 59.5 Å². The molecule has 22 heavy (non-hydrogen) atoms. The molecule has 3 aromatic rings. The Bertz CT molecular complexity index is 738. The molecule has 0 unspecified atom stereocenters. The first-order chi connectivity index (χ1) is 10.7. The van der Waals surface area contributed by atoms with Gasteiger partial charge in [0.2, 0.25) is 0 Å². The van der Waals surface area contributed by atoms with Crippen LogP contribution in [0.3, 0.4) is 0 Å². The molecule has 3 aromatic heterocycles. The molecule has 0 spiro atoms. The van der Waals surface area contributed by atoms with Gasteiger partial charge >= 0.3 is 0 Å². The number of halogens is 1. The highest BCUT2D eigenvalue weighted by molar-refractivity contribution is 9.10. The molecule has 0 aliphatic carbocycles. The maximum absolute atomic E-state index is 12.6. The van der Waals surface area contributed by atoms with Crippen LogP contribution < -0.4 is 0 Å². The van der Waals surface area contributed by atoms with Gasteiger partial charge in [0, 0.05) is 6.20 Å². The van der Waals surface area contributed by atoms with Crippen LogP contribution in [0.1, 0.15) is 22.0 Å². The van der Waals surface area contributed by atoms with Crippen LogP contribution in [-0.2, 0) is 13.1 Å². The second kappa shape index (κ2) is 6.62. The minimum Gasteiger partial charge on any atom is -0.467 e. The Morgan fingerprint density at radius 2 is 2.05 bits per heavy atom. The summed E-state index contributed by atoms with van der Waals surface area (Å²) in [6, 6.07) is 12.6. The quantitative estimate of drug-likeness (QED) is 0.692. The monoisotopic (exact) mass is 360 g/mol. The molecule has 0 radical (unpaired) electrons. The predicted octanol–water partition coefficient (Wildman–Crippen LogP) is 3.87. The fourth-order valence-electron chi connectivity index (χ4n) is 2.06. The van der Waals surface area contributed by atoms with Gasteiger partial charge in [0.15, 0.2) is 10.4 Å². The first-order valence-electron chi connectivity index (χ1n) is 6.69. The molecule has 0 saturated heterocycles. The van der Waals surface area contributed by atoms with Crippen molar-refractivity contribution >= 4 is 21.8 Å². The van der Waals surface area contributed by atoms with Crippen molar-refractivity contribution in [2.75, 3.05) is 0 Å². The molecule has 1 amide bonds. The second-order valence-electron chi connectivity index (χ2n) is 4.67. The Morgan fingerprint density at radius 3 is 2.68 bits per heavy atom. The van der Waals surface area contributed by atoms with E-state index in [0.717, 1.165) is 5.69 Å². The van der Waals surface area contributed by atoms with Gasteiger partial charge in [-0.05, 0) is 52.3 Å². The van der Waals surface area contributed by atoms with Crippen LogP contribution in [0.4, 0.5) is 0 Å². The standard InChI is InChI=1S/C16H13BrN2O3/c17-15-7-6-14(22-15)16(20)19(11-13-5-3-9-21-13)10-12-4-1-2-8-18-12/h1-9H,10-11H2. The minimum atomic E-state index is -0.215. The number of hydrogen-bond acceptors (Lipinski definition) is 4.